The number of amides is 1. The lowest BCUT2D eigenvalue weighted by Gasteiger charge is -2.26. The Bertz CT molecular complexity index is 1220. The molecule has 1 saturated heterocycles. The van der Waals surface area contributed by atoms with Gasteiger partial charge in [-0.3, -0.25) is 29.6 Å². The number of carbonyl (C=O) groups is 2. The smallest absolute Gasteiger partial charge is 0.300 e. The fraction of sp³-hybridized carbons (Fsp3) is 0.0870. The van der Waals surface area contributed by atoms with Crippen molar-refractivity contribution in [3.8, 4) is 0 Å². The van der Waals surface area contributed by atoms with Crippen LogP contribution in [0.4, 0.5) is 11.4 Å². The number of benzene rings is 2. The lowest BCUT2D eigenvalue weighted by molar-refractivity contribution is -0.384. The average molecular weight is 415 g/mol. The van der Waals surface area contributed by atoms with Crippen molar-refractivity contribution in [3.63, 3.8) is 0 Å². The number of Topliss-reactive ketones (excluding diaryl/α,β-unsaturated/α-hetero) is 1. The van der Waals surface area contributed by atoms with Gasteiger partial charge < -0.3 is 5.11 Å². The van der Waals surface area contributed by atoms with Crippen LogP contribution in [0.5, 0.6) is 0 Å². The molecule has 1 aliphatic heterocycles. The summed E-state index contributed by atoms with van der Waals surface area (Å²) in [7, 11) is 0. The lowest BCUT2D eigenvalue weighted by Crippen LogP contribution is -2.30. The number of rotatable bonds is 4. The summed E-state index contributed by atoms with van der Waals surface area (Å²) in [4.78, 5) is 41.8. The number of aliphatic hydroxyl groups excluding tert-OH is 1. The largest absolute Gasteiger partial charge is 0.507 e. The number of ketones is 1. The summed E-state index contributed by atoms with van der Waals surface area (Å²) in [5, 5.41) is 21.9. The molecule has 2 heterocycles. The molecule has 1 fully saturated rings. The molecule has 0 radical (unpaired) electrons. The van der Waals surface area contributed by atoms with Crippen LogP contribution in [0.1, 0.15) is 22.7 Å². The highest BCUT2D eigenvalue weighted by Gasteiger charge is 2.47. The maximum absolute atomic E-state index is 13.1. The van der Waals surface area contributed by atoms with Gasteiger partial charge in [0, 0.05) is 35.8 Å². The molecule has 8 nitrogen and oxygen atoms in total. The van der Waals surface area contributed by atoms with Crippen LogP contribution in [0.2, 0.25) is 0 Å². The Hall–Kier alpha value is -4.33. The first-order valence-electron chi connectivity index (χ1n) is 9.41. The van der Waals surface area contributed by atoms with E-state index in [0.29, 0.717) is 11.3 Å². The van der Waals surface area contributed by atoms with Gasteiger partial charge in [-0.1, -0.05) is 18.2 Å². The number of aliphatic hydroxyl groups is 1. The number of anilines is 1. The molecule has 0 aliphatic carbocycles. The Morgan fingerprint density at radius 2 is 1.68 bits per heavy atom. The van der Waals surface area contributed by atoms with Crippen LogP contribution in [0.15, 0.2) is 78.6 Å². The fourth-order valence-electron chi connectivity index (χ4n) is 3.67. The van der Waals surface area contributed by atoms with E-state index < -0.39 is 28.4 Å². The number of hydrogen-bond donors (Lipinski definition) is 1. The Labute approximate surface area is 177 Å². The minimum Gasteiger partial charge on any atom is -0.507 e. The van der Waals surface area contributed by atoms with Crippen LogP contribution >= 0.6 is 0 Å². The quantitative estimate of drug-likeness (QED) is 0.227. The molecule has 1 atom stereocenters. The number of nitro groups is 1. The topological polar surface area (TPSA) is 114 Å². The van der Waals surface area contributed by atoms with Gasteiger partial charge in [0.05, 0.1) is 16.5 Å². The monoisotopic (exact) mass is 415 g/mol. The van der Waals surface area contributed by atoms with Gasteiger partial charge in [0.25, 0.3) is 17.4 Å². The predicted molar refractivity (Wildman–Crippen MR) is 113 cm³/mol. The van der Waals surface area contributed by atoms with E-state index in [9.17, 15) is 24.8 Å². The van der Waals surface area contributed by atoms with Crippen LogP contribution < -0.4 is 4.90 Å². The van der Waals surface area contributed by atoms with Crippen molar-refractivity contribution in [2.24, 2.45) is 0 Å². The van der Waals surface area contributed by atoms with Gasteiger partial charge in [0.1, 0.15) is 5.76 Å². The molecule has 1 unspecified atom stereocenters. The third-order valence-electron chi connectivity index (χ3n) is 5.19. The number of nitrogens with zero attached hydrogens (tertiary/aromatic N) is 3. The molecule has 0 bridgehead atoms. The van der Waals surface area contributed by atoms with Crippen molar-refractivity contribution >= 4 is 28.8 Å². The summed E-state index contributed by atoms with van der Waals surface area (Å²) in [6.07, 6.45) is 3.08. The number of non-ortho nitro benzene ring substituents is 1. The molecule has 4 rings (SSSR count). The predicted octanol–water partition coefficient (Wildman–Crippen LogP) is 3.92. The molecule has 3 aromatic rings. The highest BCUT2D eigenvalue weighted by Crippen LogP contribution is 2.42. The number of nitro benzene ring substituents is 1. The molecule has 0 saturated carbocycles. The van der Waals surface area contributed by atoms with Gasteiger partial charge in [0.15, 0.2) is 0 Å². The minimum absolute atomic E-state index is 0.0895. The molecular weight excluding hydrogens is 398 g/mol. The third-order valence-corrected chi connectivity index (χ3v) is 5.19. The normalized spacial score (nSPS) is 17.7. The summed E-state index contributed by atoms with van der Waals surface area (Å²) in [6.45, 7) is 1.83. The zero-order chi connectivity index (χ0) is 22.1. The first-order valence-corrected chi connectivity index (χ1v) is 9.41. The minimum atomic E-state index is -0.876. The van der Waals surface area contributed by atoms with Gasteiger partial charge in [-0.25, -0.2) is 0 Å². The zero-order valence-corrected chi connectivity index (χ0v) is 16.4. The van der Waals surface area contributed by atoms with E-state index in [1.807, 2.05) is 19.1 Å². The number of carbonyl (C=O) groups excluding carboxylic acids is 2. The molecule has 1 aliphatic rings. The SMILES string of the molecule is Cc1ccccc1N1C(=O)C(=O)/C(=C(\O)c2ccc([N+](=O)[O-])cc2)C1c1ccncc1. The van der Waals surface area contributed by atoms with Gasteiger partial charge in [-0.15, -0.1) is 0 Å². The lowest BCUT2D eigenvalue weighted by atomic mass is 9.95. The zero-order valence-electron chi connectivity index (χ0n) is 16.4. The first-order chi connectivity index (χ1) is 14.9. The molecule has 154 valence electrons. The van der Waals surface area contributed by atoms with Crippen molar-refractivity contribution < 1.29 is 19.6 Å². The van der Waals surface area contributed by atoms with Crippen molar-refractivity contribution in [1.29, 1.82) is 0 Å². The second-order valence-electron chi connectivity index (χ2n) is 7.04. The van der Waals surface area contributed by atoms with Crippen LogP contribution in [0.25, 0.3) is 5.76 Å². The van der Waals surface area contributed by atoms with E-state index in [2.05, 4.69) is 4.98 Å². The molecule has 1 aromatic heterocycles. The molecule has 31 heavy (non-hydrogen) atoms. The average Bonchev–Trinajstić information content (AvgIpc) is 3.05. The molecule has 2 aromatic carbocycles. The van der Waals surface area contributed by atoms with Gasteiger partial charge >= 0.3 is 0 Å². The van der Waals surface area contributed by atoms with Gasteiger partial charge in [0.2, 0.25) is 0 Å². The second kappa shape index (κ2) is 7.83. The summed E-state index contributed by atoms with van der Waals surface area (Å²) < 4.78 is 0. The van der Waals surface area contributed by atoms with Crippen molar-refractivity contribution in [1.82, 2.24) is 4.98 Å². The summed E-state index contributed by atoms with van der Waals surface area (Å²) in [5.41, 5.74) is 1.90. The number of aryl methyl sites for hydroxylation is 1. The number of para-hydroxylation sites is 1. The first kappa shape index (κ1) is 20.0. The van der Waals surface area contributed by atoms with Crippen LogP contribution in [0.3, 0.4) is 0 Å². The van der Waals surface area contributed by atoms with Crippen LogP contribution in [-0.2, 0) is 9.59 Å². The molecular formula is C23H17N3O5. The van der Waals surface area contributed by atoms with Gasteiger partial charge in [-0.2, -0.15) is 0 Å². The van der Waals surface area contributed by atoms with E-state index in [0.717, 1.165) is 5.56 Å². The van der Waals surface area contributed by atoms with E-state index in [4.69, 9.17) is 0 Å². The Morgan fingerprint density at radius 3 is 2.29 bits per heavy atom. The van der Waals surface area contributed by atoms with E-state index >= 15 is 0 Å². The van der Waals surface area contributed by atoms with E-state index in [1.165, 1.54) is 29.2 Å². The Balaban J connectivity index is 1.92. The van der Waals surface area contributed by atoms with E-state index in [-0.39, 0.29) is 16.8 Å². The second-order valence-corrected chi connectivity index (χ2v) is 7.04. The number of pyridine rings is 1. The molecule has 1 N–H and O–H groups in total. The Kier molecular flexibility index (Phi) is 5.04. The molecule has 0 spiro atoms. The maximum atomic E-state index is 13.1. The van der Waals surface area contributed by atoms with Crippen molar-refractivity contribution in [2.75, 3.05) is 4.90 Å². The highest BCUT2D eigenvalue weighted by atomic mass is 16.6. The highest BCUT2D eigenvalue weighted by molar-refractivity contribution is 6.51. The summed E-state index contributed by atoms with van der Waals surface area (Å²) in [6, 6.07) is 14.8. The van der Waals surface area contributed by atoms with Crippen molar-refractivity contribution in [3.05, 3.63) is 105 Å². The van der Waals surface area contributed by atoms with Crippen molar-refractivity contribution in [2.45, 2.75) is 13.0 Å². The van der Waals surface area contributed by atoms with Crippen LogP contribution in [-0.4, -0.2) is 26.7 Å². The number of aromatic nitrogens is 1. The Morgan fingerprint density at radius 1 is 1.03 bits per heavy atom. The maximum Gasteiger partial charge on any atom is 0.300 e. The van der Waals surface area contributed by atoms with E-state index in [1.54, 1.807) is 36.7 Å². The van der Waals surface area contributed by atoms with Gasteiger partial charge in [-0.05, 0) is 48.4 Å². The summed E-state index contributed by atoms with van der Waals surface area (Å²) >= 11 is 0. The summed E-state index contributed by atoms with van der Waals surface area (Å²) in [5.74, 6) is -1.99. The standard InChI is InChI=1S/C23H17N3O5/c1-14-4-2-3-5-18(14)25-20(15-10-12-24-13-11-15)19(22(28)23(25)29)21(27)16-6-8-17(9-7-16)26(30)31/h2-13,20,27H,1H3/b21-19-. The van der Waals surface area contributed by atoms with Crippen LogP contribution in [0, 0.1) is 17.0 Å². The molecule has 1 amide bonds. The third kappa shape index (κ3) is 3.44. The number of hydrogen-bond acceptors (Lipinski definition) is 6. The fourth-order valence-corrected chi connectivity index (χ4v) is 3.67. The molecule has 8 heteroatoms.